The lowest BCUT2D eigenvalue weighted by atomic mass is 10.0. The van der Waals surface area contributed by atoms with Crippen molar-refractivity contribution in [1.29, 1.82) is 0 Å². The Kier molecular flexibility index (Phi) is 11.3. The molecule has 0 radical (unpaired) electrons. The van der Waals surface area contributed by atoms with Gasteiger partial charge in [-0.1, -0.05) is 45.8 Å². The average Bonchev–Trinajstić information content (AvgIpc) is 3.65. The van der Waals surface area contributed by atoms with Crippen molar-refractivity contribution in [3.05, 3.63) is 53.6 Å². The van der Waals surface area contributed by atoms with E-state index in [2.05, 4.69) is 41.8 Å². The van der Waals surface area contributed by atoms with Gasteiger partial charge in [-0.25, -0.2) is 15.0 Å². The zero-order valence-electron chi connectivity index (χ0n) is 24.8. The zero-order chi connectivity index (χ0) is 29.2. The van der Waals surface area contributed by atoms with E-state index in [1.165, 1.54) is 12.3 Å². The van der Waals surface area contributed by atoms with Gasteiger partial charge in [0.15, 0.2) is 5.82 Å². The van der Waals surface area contributed by atoms with E-state index in [0.717, 1.165) is 56.8 Å². The van der Waals surface area contributed by atoms with Crippen LogP contribution < -0.4 is 9.80 Å². The van der Waals surface area contributed by atoms with E-state index in [9.17, 15) is 9.18 Å². The standard InChI is InChI=1S/C21H31N7O2.C6H6FN.C2H6/c1-14(2)18-24-21(30-25-18)27-9-6-17(7-10-27)26(4)19(29)16-11-22-20(23-12-16)28-8-5-15(3)13-28;1-5-2-3-6(7)8-4-5;1-2/h11-12,14-15,17H,5-10,13H2,1-4H3;2-4H,1H3;1-2H3. The third-order valence-corrected chi connectivity index (χ3v) is 7.02. The summed E-state index contributed by atoms with van der Waals surface area (Å²) in [6, 6.07) is 3.77. The highest BCUT2D eigenvalue weighted by molar-refractivity contribution is 5.93. The summed E-state index contributed by atoms with van der Waals surface area (Å²) in [5, 5.41) is 4.04. The summed E-state index contributed by atoms with van der Waals surface area (Å²) in [5.74, 6) is 1.89. The van der Waals surface area contributed by atoms with Crippen molar-refractivity contribution in [3.8, 4) is 0 Å². The molecule has 2 aliphatic rings. The number of carbonyl (C=O) groups excluding carboxylic acids is 1. The van der Waals surface area contributed by atoms with E-state index in [0.29, 0.717) is 23.4 Å². The molecule has 2 aliphatic heterocycles. The van der Waals surface area contributed by atoms with Crippen molar-refractivity contribution in [2.24, 2.45) is 5.92 Å². The van der Waals surface area contributed by atoms with Gasteiger partial charge in [-0.15, -0.1) is 0 Å². The van der Waals surface area contributed by atoms with Gasteiger partial charge in [0.25, 0.3) is 5.91 Å². The number of nitrogens with zero attached hydrogens (tertiary/aromatic N) is 8. The van der Waals surface area contributed by atoms with Crippen LogP contribution >= 0.6 is 0 Å². The summed E-state index contributed by atoms with van der Waals surface area (Å²) in [6.07, 6.45) is 7.68. The molecule has 3 aromatic heterocycles. The maximum absolute atomic E-state index is 12.9. The number of amides is 1. The van der Waals surface area contributed by atoms with Crippen LogP contribution in [0.1, 0.15) is 81.5 Å². The fourth-order valence-corrected chi connectivity index (χ4v) is 4.56. The predicted molar refractivity (Wildman–Crippen MR) is 154 cm³/mol. The number of piperidine rings is 1. The van der Waals surface area contributed by atoms with Gasteiger partial charge in [0, 0.05) is 63.8 Å². The highest BCUT2D eigenvalue weighted by Gasteiger charge is 2.29. The SMILES string of the molecule is CC.CC1CCN(c2ncc(C(=O)N(C)C3CCN(c4nc(C(C)C)no4)CC3)cn2)C1.Cc1ccc(F)nc1. The van der Waals surface area contributed by atoms with Crippen molar-refractivity contribution in [2.45, 2.75) is 72.8 Å². The topological polar surface area (TPSA) is 104 Å². The molecule has 0 saturated carbocycles. The Morgan fingerprint density at radius 2 is 1.68 bits per heavy atom. The summed E-state index contributed by atoms with van der Waals surface area (Å²) in [5.41, 5.74) is 1.51. The Bertz CT molecular complexity index is 1160. The molecule has 0 bridgehead atoms. The first-order chi connectivity index (χ1) is 19.2. The molecule has 3 aromatic rings. The minimum Gasteiger partial charge on any atom is -0.341 e. The smallest absolute Gasteiger partial charge is 0.324 e. The summed E-state index contributed by atoms with van der Waals surface area (Å²) < 4.78 is 17.4. The molecule has 11 heteroatoms. The van der Waals surface area contributed by atoms with Gasteiger partial charge < -0.3 is 19.2 Å². The molecule has 0 aromatic carbocycles. The lowest BCUT2D eigenvalue weighted by Crippen LogP contribution is -2.45. The molecular formula is C29H43FN8O2. The third-order valence-electron chi connectivity index (χ3n) is 7.02. The molecule has 5 heterocycles. The molecule has 2 fully saturated rings. The summed E-state index contributed by atoms with van der Waals surface area (Å²) in [4.78, 5) is 35.8. The van der Waals surface area contributed by atoms with Crippen LogP contribution in [0.5, 0.6) is 0 Å². The number of rotatable bonds is 5. The van der Waals surface area contributed by atoms with E-state index in [1.54, 1.807) is 18.5 Å². The molecular weight excluding hydrogens is 511 g/mol. The monoisotopic (exact) mass is 554 g/mol. The lowest BCUT2D eigenvalue weighted by molar-refractivity contribution is 0.0707. The second-order valence-corrected chi connectivity index (χ2v) is 10.5. The van der Waals surface area contributed by atoms with Crippen LogP contribution in [-0.4, -0.2) is 75.2 Å². The van der Waals surface area contributed by atoms with E-state index in [1.807, 2.05) is 46.6 Å². The Balaban J connectivity index is 0.000000376. The van der Waals surface area contributed by atoms with Crippen LogP contribution in [0, 0.1) is 18.8 Å². The van der Waals surface area contributed by atoms with Gasteiger partial charge in [0.1, 0.15) is 0 Å². The fraction of sp³-hybridized carbons (Fsp3) is 0.586. The fourth-order valence-electron chi connectivity index (χ4n) is 4.56. The molecule has 1 amide bonds. The Morgan fingerprint density at radius 3 is 2.17 bits per heavy atom. The molecule has 0 aliphatic carbocycles. The molecule has 5 rings (SSSR count). The average molecular weight is 555 g/mol. The third kappa shape index (κ3) is 8.19. The largest absolute Gasteiger partial charge is 0.341 e. The second kappa shape index (κ2) is 14.7. The Morgan fingerprint density at radius 1 is 1.02 bits per heavy atom. The molecule has 10 nitrogen and oxygen atoms in total. The second-order valence-electron chi connectivity index (χ2n) is 10.5. The van der Waals surface area contributed by atoms with E-state index >= 15 is 0 Å². The zero-order valence-corrected chi connectivity index (χ0v) is 24.8. The van der Waals surface area contributed by atoms with E-state index in [-0.39, 0.29) is 17.9 Å². The van der Waals surface area contributed by atoms with Crippen LogP contribution in [0.4, 0.5) is 16.4 Å². The van der Waals surface area contributed by atoms with Crippen LogP contribution in [0.2, 0.25) is 0 Å². The predicted octanol–water partition coefficient (Wildman–Crippen LogP) is 5.13. The van der Waals surface area contributed by atoms with Crippen LogP contribution in [-0.2, 0) is 0 Å². The van der Waals surface area contributed by atoms with Crippen molar-refractivity contribution in [2.75, 3.05) is 43.0 Å². The van der Waals surface area contributed by atoms with Crippen molar-refractivity contribution < 1.29 is 13.7 Å². The minimum atomic E-state index is -0.421. The van der Waals surface area contributed by atoms with Crippen LogP contribution in [0.3, 0.4) is 0 Å². The molecule has 2 saturated heterocycles. The van der Waals surface area contributed by atoms with Gasteiger partial charge in [-0.3, -0.25) is 4.79 Å². The van der Waals surface area contributed by atoms with Gasteiger partial charge in [-0.05, 0) is 43.7 Å². The summed E-state index contributed by atoms with van der Waals surface area (Å²) in [6.45, 7) is 15.7. The highest BCUT2D eigenvalue weighted by Crippen LogP contribution is 2.24. The van der Waals surface area contributed by atoms with Crippen LogP contribution in [0.15, 0.2) is 35.2 Å². The van der Waals surface area contributed by atoms with Gasteiger partial charge in [0.2, 0.25) is 11.9 Å². The minimum absolute atomic E-state index is 0.0327. The van der Waals surface area contributed by atoms with Crippen molar-refractivity contribution in [1.82, 2.24) is 30.0 Å². The maximum atomic E-state index is 12.9. The summed E-state index contributed by atoms with van der Waals surface area (Å²) >= 11 is 0. The van der Waals surface area contributed by atoms with Gasteiger partial charge in [-0.2, -0.15) is 9.37 Å². The van der Waals surface area contributed by atoms with E-state index < -0.39 is 5.95 Å². The molecule has 0 N–H and O–H groups in total. The number of aromatic nitrogens is 5. The Hall–Kier alpha value is -3.63. The first kappa shape index (κ1) is 30.9. The maximum Gasteiger partial charge on any atom is 0.324 e. The number of anilines is 2. The quantitative estimate of drug-likeness (QED) is 0.397. The van der Waals surface area contributed by atoms with Crippen molar-refractivity contribution in [3.63, 3.8) is 0 Å². The lowest BCUT2D eigenvalue weighted by Gasteiger charge is -2.35. The normalized spacial score (nSPS) is 17.2. The molecule has 40 heavy (non-hydrogen) atoms. The number of halogens is 1. The number of hydrogen-bond donors (Lipinski definition) is 0. The number of carbonyl (C=O) groups is 1. The van der Waals surface area contributed by atoms with Crippen LogP contribution in [0.25, 0.3) is 0 Å². The first-order valence-corrected chi connectivity index (χ1v) is 14.2. The molecule has 1 atom stereocenters. The number of pyridine rings is 1. The number of hydrogen-bond acceptors (Lipinski definition) is 9. The van der Waals surface area contributed by atoms with E-state index in [4.69, 9.17) is 4.52 Å². The summed E-state index contributed by atoms with van der Waals surface area (Å²) in [7, 11) is 1.86. The molecule has 1 unspecified atom stereocenters. The molecule has 0 spiro atoms. The highest BCUT2D eigenvalue weighted by atomic mass is 19.1. The van der Waals surface area contributed by atoms with Gasteiger partial charge in [0.05, 0.1) is 5.56 Å². The number of aryl methyl sites for hydroxylation is 1. The molecule has 218 valence electrons. The van der Waals surface area contributed by atoms with Crippen molar-refractivity contribution >= 4 is 17.9 Å². The Labute approximate surface area is 237 Å². The van der Waals surface area contributed by atoms with Gasteiger partial charge >= 0.3 is 6.01 Å². The first-order valence-electron chi connectivity index (χ1n) is 14.2.